The van der Waals surface area contributed by atoms with Gasteiger partial charge in [-0.1, -0.05) is 146 Å². The molecular weight excluding hydrogens is 843 g/mol. The average molecular weight is 882 g/mol. The summed E-state index contributed by atoms with van der Waals surface area (Å²) in [6.45, 7) is 0. The van der Waals surface area contributed by atoms with E-state index >= 15 is 0 Å². The Morgan fingerprint density at radius 1 is 0.246 bits per heavy atom. The molecule has 0 spiro atoms. The van der Waals surface area contributed by atoms with Crippen molar-refractivity contribution in [3.63, 3.8) is 0 Å². The molecular formula is C63H39N5O. The van der Waals surface area contributed by atoms with Gasteiger partial charge in [-0.05, 0) is 113 Å². The molecule has 6 heteroatoms. The molecule has 0 N–H and O–H groups in total. The third-order valence-corrected chi connectivity index (χ3v) is 13.6. The van der Waals surface area contributed by atoms with Crippen LogP contribution in [0.1, 0.15) is 0 Å². The molecule has 14 aromatic rings. The van der Waals surface area contributed by atoms with Gasteiger partial charge < -0.3 is 13.6 Å². The number of furan rings is 1. The van der Waals surface area contributed by atoms with Crippen LogP contribution in [0.2, 0.25) is 0 Å². The van der Waals surface area contributed by atoms with Crippen molar-refractivity contribution in [2.45, 2.75) is 0 Å². The van der Waals surface area contributed by atoms with Gasteiger partial charge in [0, 0.05) is 60.4 Å². The average Bonchev–Trinajstić information content (AvgIpc) is 4.08. The first-order valence-electron chi connectivity index (χ1n) is 23.3. The quantitative estimate of drug-likeness (QED) is 0.160. The minimum absolute atomic E-state index is 0.591. The van der Waals surface area contributed by atoms with E-state index in [9.17, 15) is 0 Å². The Hall–Kier alpha value is -9.39. The maximum atomic E-state index is 6.70. The fourth-order valence-corrected chi connectivity index (χ4v) is 10.3. The molecule has 0 atom stereocenters. The molecule has 14 rings (SSSR count). The highest BCUT2D eigenvalue weighted by Crippen LogP contribution is 2.41. The maximum absolute atomic E-state index is 6.70. The summed E-state index contributed by atoms with van der Waals surface area (Å²) in [5.74, 6) is 1.84. The van der Waals surface area contributed by atoms with Crippen molar-refractivity contribution in [1.29, 1.82) is 0 Å². The predicted octanol–water partition coefficient (Wildman–Crippen LogP) is 16.3. The fraction of sp³-hybridized carbons (Fsp3) is 0. The van der Waals surface area contributed by atoms with Gasteiger partial charge in [0.25, 0.3) is 0 Å². The van der Waals surface area contributed by atoms with Gasteiger partial charge in [0.1, 0.15) is 11.2 Å². The highest BCUT2D eigenvalue weighted by molar-refractivity contribution is 6.14. The standard InChI is InChI=1S/C63H39N5O/c1-5-15-40(16-6-1)61-64-62(41-17-7-2-8-18-41)66-63(65-61)46-26-31-51-50-30-25-45(38-59(50)69-60(51)39-46)44-29-34-58-54(37-44)53-36-43(28-33-57(53)68(58)48-21-11-4-12-22-48)42-27-32-56-52(35-42)49-23-13-14-24-55(49)67(56)47-19-9-3-10-20-47/h1-39H. The zero-order valence-electron chi connectivity index (χ0n) is 37.2. The number of hydrogen-bond acceptors (Lipinski definition) is 4. The van der Waals surface area contributed by atoms with E-state index < -0.39 is 0 Å². The molecule has 0 aliphatic heterocycles. The van der Waals surface area contributed by atoms with Crippen LogP contribution in [0.4, 0.5) is 0 Å². The highest BCUT2D eigenvalue weighted by Gasteiger charge is 2.19. The lowest BCUT2D eigenvalue weighted by molar-refractivity contribution is 0.669. The van der Waals surface area contributed by atoms with E-state index in [1.807, 2.05) is 60.7 Å². The molecule has 0 bridgehead atoms. The van der Waals surface area contributed by atoms with Crippen LogP contribution in [0.3, 0.4) is 0 Å². The summed E-state index contributed by atoms with van der Waals surface area (Å²) < 4.78 is 11.4. The minimum atomic E-state index is 0.591. The van der Waals surface area contributed by atoms with E-state index in [1.165, 1.54) is 43.7 Å². The maximum Gasteiger partial charge on any atom is 0.164 e. The second kappa shape index (κ2) is 15.6. The van der Waals surface area contributed by atoms with Crippen molar-refractivity contribution in [3.05, 3.63) is 237 Å². The predicted molar refractivity (Wildman–Crippen MR) is 283 cm³/mol. The zero-order valence-corrected chi connectivity index (χ0v) is 37.2. The van der Waals surface area contributed by atoms with Gasteiger partial charge in [-0.2, -0.15) is 0 Å². The molecule has 4 heterocycles. The van der Waals surface area contributed by atoms with Crippen molar-refractivity contribution >= 4 is 65.6 Å². The molecule has 0 fully saturated rings. The van der Waals surface area contributed by atoms with E-state index in [0.29, 0.717) is 17.5 Å². The Morgan fingerprint density at radius 3 is 1.09 bits per heavy atom. The van der Waals surface area contributed by atoms with E-state index in [2.05, 4.69) is 185 Å². The molecule has 69 heavy (non-hydrogen) atoms. The van der Waals surface area contributed by atoms with E-state index in [-0.39, 0.29) is 0 Å². The molecule has 0 saturated carbocycles. The van der Waals surface area contributed by atoms with Gasteiger partial charge >= 0.3 is 0 Å². The molecule has 0 saturated heterocycles. The number of aromatic nitrogens is 5. The van der Waals surface area contributed by atoms with Crippen molar-refractivity contribution in [1.82, 2.24) is 24.1 Å². The first-order valence-corrected chi connectivity index (χ1v) is 23.3. The summed E-state index contributed by atoms with van der Waals surface area (Å²) in [7, 11) is 0. The normalized spacial score (nSPS) is 11.8. The molecule has 0 unspecified atom stereocenters. The van der Waals surface area contributed by atoms with Crippen LogP contribution >= 0.6 is 0 Å². The Labute approximate surface area is 396 Å². The van der Waals surface area contributed by atoms with E-state index in [0.717, 1.165) is 72.2 Å². The number of hydrogen-bond donors (Lipinski definition) is 0. The second-order valence-electron chi connectivity index (χ2n) is 17.6. The topological polar surface area (TPSA) is 61.7 Å². The van der Waals surface area contributed by atoms with Crippen LogP contribution in [-0.2, 0) is 0 Å². The van der Waals surface area contributed by atoms with Crippen LogP contribution in [-0.4, -0.2) is 24.1 Å². The monoisotopic (exact) mass is 881 g/mol. The van der Waals surface area contributed by atoms with Crippen molar-refractivity contribution < 1.29 is 4.42 Å². The first-order chi connectivity index (χ1) is 34.2. The summed E-state index contributed by atoms with van der Waals surface area (Å²) in [5.41, 5.74) is 15.9. The van der Waals surface area contributed by atoms with Gasteiger partial charge in [-0.3, -0.25) is 0 Å². The fourth-order valence-electron chi connectivity index (χ4n) is 10.3. The van der Waals surface area contributed by atoms with Crippen molar-refractivity contribution in [2.75, 3.05) is 0 Å². The summed E-state index contributed by atoms with van der Waals surface area (Å²) in [6, 6.07) is 83.6. The molecule has 322 valence electrons. The summed E-state index contributed by atoms with van der Waals surface area (Å²) >= 11 is 0. The number of nitrogens with zero attached hydrogens (tertiary/aromatic N) is 5. The Bertz CT molecular complexity index is 4230. The van der Waals surface area contributed by atoms with Crippen LogP contribution in [0.25, 0.3) is 133 Å². The number of rotatable bonds is 7. The summed E-state index contributed by atoms with van der Waals surface area (Å²) in [4.78, 5) is 14.8. The minimum Gasteiger partial charge on any atom is -0.456 e. The van der Waals surface area contributed by atoms with Crippen molar-refractivity contribution in [2.24, 2.45) is 0 Å². The molecule has 4 aromatic heterocycles. The van der Waals surface area contributed by atoms with E-state index in [1.54, 1.807) is 0 Å². The molecule has 10 aromatic carbocycles. The third kappa shape index (κ3) is 6.45. The van der Waals surface area contributed by atoms with Crippen LogP contribution < -0.4 is 0 Å². The Morgan fingerprint density at radius 2 is 0.594 bits per heavy atom. The Balaban J connectivity index is 0.878. The van der Waals surface area contributed by atoms with Gasteiger partial charge in [-0.15, -0.1) is 0 Å². The lowest BCUT2D eigenvalue weighted by Gasteiger charge is -2.09. The number of fused-ring (bicyclic) bond motifs is 9. The zero-order chi connectivity index (χ0) is 45.4. The lowest BCUT2D eigenvalue weighted by atomic mass is 9.98. The molecule has 0 amide bonds. The van der Waals surface area contributed by atoms with Gasteiger partial charge in [0.05, 0.1) is 22.1 Å². The SMILES string of the molecule is c1ccc(-c2nc(-c3ccccc3)nc(-c3ccc4c(c3)oc3cc(-c5ccc6c(c5)c5cc(-c7ccc8c(c7)c7ccccc7n8-c7ccccc7)ccc5n6-c5ccccc5)ccc34)n2)cc1. The number of benzene rings is 10. The molecule has 6 nitrogen and oxygen atoms in total. The highest BCUT2D eigenvalue weighted by atomic mass is 16.3. The largest absolute Gasteiger partial charge is 0.456 e. The third-order valence-electron chi connectivity index (χ3n) is 13.6. The summed E-state index contributed by atoms with van der Waals surface area (Å²) in [6.07, 6.45) is 0. The van der Waals surface area contributed by atoms with Gasteiger partial charge in [0.2, 0.25) is 0 Å². The van der Waals surface area contributed by atoms with E-state index in [4.69, 9.17) is 19.4 Å². The van der Waals surface area contributed by atoms with Crippen LogP contribution in [0.5, 0.6) is 0 Å². The van der Waals surface area contributed by atoms with Gasteiger partial charge in [-0.25, -0.2) is 15.0 Å². The number of para-hydroxylation sites is 3. The lowest BCUT2D eigenvalue weighted by Crippen LogP contribution is -2.00. The Kier molecular flexibility index (Phi) is 8.79. The van der Waals surface area contributed by atoms with Crippen molar-refractivity contribution in [3.8, 4) is 67.8 Å². The molecule has 0 aliphatic rings. The smallest absolute Gasteiger partial charge is 0.164 e. The molecule has 0 radical (unpaired) electrons. The van der Waals surface area contributed by atoms with Crippen LogP contribution in [0.15, 0.2) is 241 Å². The second-order valence-corrected chi connectivity index (χ2v) is 17.6. The van der Waals surface area contributed by atoms with Crippen LogP contribution in [0, 0.1) is 0 Å². The van der Waals surface area contributed by atoms with Gasteiger partial charge in [0.15, 0.2) is 17.5 Å². The summed E-state index contributed by atoms with van der Waals surface area (Å²) in [5, 5.41) is 6.95. The molecule has 0 aliphatic carbocycles. The first kappa shape index (κ1) is 38.8.